The molecule has 0 spiro atoms. The molecule has 0 atom stereocenters. The lowest BCUT2D eigenvalue weighted by Gasteiger charge is -2.24. The van der Waals surface area contributed by atoms with Gasteiger partial charge in [0.1, 0.15) is 0 Å². The van der Waals surface area contributed by atoms with Crippen LogP contribution in [-0.4, -0.2) is 33.7 Å². The molecule has 0 aromatic heterocycles. The fourth-order valence-corrected chi connectivity index (χ4v) is 3.43. The summed E-state index contributed by atoms with van der Waals surface area (Å²) in [6, 6.07) is 15.5. The summed E-state index contributed by atoms with van der Waals surface area (Å²) >= 11 is 0. The van der Waals surface area contributed by atoms with Crippen molar-refractivity contribution in [2.45, 2.75) is 0 Å². The van der Waals surface area contributed by atoms with E-state index in [4.69, 9.17) is 0 Å². The first-order chi connectivity index (χ1) is 13.9. The molecule has 7 heteroatoms. The van der Waals surface area contributed by atoms with Gasteiger partial charge in [-0.25, -0.2) is 9.59 Å². The third-order valence-corrected chi connectivity index (χ3v) is 4.70. The first-order valence-corrected chi connectivity index (χ1v) is 8.58. The average Bonchev–Trinajstić information content (AvgIpc) is 2.72. The molecule has 0 unspecified atom stereocenters. The Balaban J connectivity index is 2.08. The number of nitrogens with one attached hydrogen (secondary N) is 1. The van der Waals surface area contributed by atoms with E-state index in [9.17, 15) is 29.4 Å². The highest BCUT2D eigenvalue weighted by molar-refractivity contribution is 6.33. The second-order valence-electron chi connectivity index (χ2n) is 6.40. The van der Waals surface area contributed by atoms with E-state index in [-0.39, 0.29) is 27.9 Å². The van der Waals surface area contributed by atoms with Crippen LogP contribution in [0.4, 0.5) is 11.4 Å². The van der Waals surface area contributed by atoms with Crippen LogP contribution < -0.4 is 5.32 Å². The van der Waals surface area contributed by atoms with Crippen LogP contribution >= 0.6 is 0 Å². The van der Waals surface area contributed by atoms with E-state index in [1.165, 1.54) is 12.1 Å². The Bertz CT molecular complexity index is 1210. The molecule has 29 heavy (non-hydrogen) atoms. The highest BCUT2D eigenvalue weighted by Gasteiger charge is 2.37. The molecular weight excluding hydrogens is 374 g/mol. The predicted molar refractivity (Wildman–Crippen MR) is 103 cm³/mol. The lowest BCUT2D eigenvalue weighted by atomic mass is 9.79. The van der Waals surface area contributed by atoms with Crippen LogP contribution in [0.1, 0.15) is 52.6 Å². The number of ketones is 2. The number of hydrogen-bond acceptors (Lipinski definition) is 5. The normalized spacial score (nSPS) is 12.1. The van der Waals surface area contributed by atoms with Crippen molar-refractivity contribution in [2.75, 3.05) is 5.32 Å². The Morgan fingerprint density at radius 1 is 0.690 bits per heavy atom. The van der Waals surface area contributed by atoms with Crippen molar-refractivity contribution in [3.63, 3.8) is 0 Å². The summed E-state index contributed by atoms with van der Waals surface area (Å²) in [5, 5.41) is 22.2. The second-order valence-corrected chi connectivity index (χ2v) is 6.40. The molecule has 0 aliphatic heterocycles. The highest BCUT2D eigenvalue weighted by Crippen LogP contribution is 2.38. The number of rotatable bonds is 4. The minimum Gasteiger partial charge on any atom is -0.478 e. The number of carboxylic acids is 2. The molecule has 3 N–H and O–H groups in total. The van der Waals surface area contributed by atoms with E-state index in [0.717, 1.165) is 6.07 Å². The van der Waals surface area contributed by atoms with Gasteiger partial charge in [-0.3, -0.25) is 9.59 Å². The summed E-state index contributed by atoms with van der Waals surface area (Å²) in [4.78, 5) is 50.0. The molecule has 4 rings (SSSR count). The summed E-state index contributed by atoms with van der Waals surface area (Å²) in [6.45, 7) is 0. The SMILES string of the molecule is O=C(O)c1cc(C(=O)O)c2c(c1Nc1ccccc1)C(=O)c1ccccc1C2=O. The highest BCUT2D eigenvalue weighted by atomic mass is 16.4. The zero-order valence-corrected chi connectivity index (χ0v) is 14.8. The monoisotopic (exact) mass is 387 g/mol. The molecule has 3 aromatic rings. The van der Waals surface area contributed by atoms with E-state index < -0.39 is 34.6 Å². The molecule has 0 saturated carbocycles. The standard InChI is InChI=1S/C22H13NO6/c24-19-12-8-4-5-9-13(12)20(25)17-16(19)14(21(26)27)10-15(22(28)29)18(17)23-11-6-2-1-3-7-11/h1-10,23H,(H,26,27)(H,28,29). The Labute approximate surface area is 164 Å². The summed E-state index contributed by atoms with van der Waals surface area (Å²) in [5.74, 6) is -4.16. The average molecular weight is 387 g/mol. The van der Waals surface area contributed by atoms with Gasteiger partial charge >= 0.3 is 11.9 Å². The molecule has 0 saturated heterocycles. The number of carbonyl (C=O) groups is 4. The summed E-state index contributed by atoms with van der Waals surface area (Å²) < 4.78 is 0. The van der Waals surface area contributed by atoms with Crippen molar-refractivity contribution in [3.8, 4) is 0 Å². The maximum absolute atomic E-state index is 13.2. The smallest absolute Gasteiger partial charge is 0.337 e. The lowest BCUT2D eigenvalue weighted by Crippen LogP contribution is -2.26. The minimum absolute atomic E-state index is 0.0845. The summed E-state index contributed by atoms with van der Waals surface area (Å²) in [5.41, 5.74) is -0.953. The molecule has 7 nitrogen and oxygen atoms in total. The number of aromatic carboxylic acids is 2. The summed E-state index contributed by atoms with van der Waals surface area (Å²) in [6.07, 6.45) is 0. The molecule has 142 valence electrons. The quantitative estimate of drug-likeness (QED) is 0.489. The molecule has 3 aromatic carbocycles. The molecule has 0 fully saturated rings. The van der Waals surface area contributed by atoms with Crippen LogP contribution in [0.2, 0.25) is 0 Å². The van der Waals surface area contributed by atoms with Gasteiger partial charge in [-0.1, -0.05) is 42.5 Å². The number of carboxylic acid groups (broad SMARTS) is 2. The lowest BCUT2D eigenvalue weighted by molar-refractivity contribution is 0.0692. The van der Waals surface area contributed by atoms with Crippen LogP contribution in [0.3, 0.4) is 0 Å². The largest absolute Gasteiger partial charge is 0.478 e. The van der Waals surface area contributed by atoms with Crippen molar-refractivity contribution in [3.05, 3.63) is 94.0 Å². The molecule has 0 radical (unpaired) electrons. The maximum Gasteiger partial charge on any atom is 0.337 e. The maximum atomic E-state index is 13.2. The third kappa shape index (κ3) is 2.85. The van der Waals surface area contributed by atoms with Gasteiger partial charge in [0.15, 0.2) is 11.6 Å². The van der Waals surface area contributed by atoms with Crippen LogP contribution in [0.5, 0.6) is 0 Å². The number of fused-ring (bicyclic) bond motifs is 2. The Morgan fingerprint density at radius 2 is 1.21 bits per heavy atom. The zero-order chi connectivity index (χ0) is 20.7. The minimum atomic E-state index is -1.49. The van der Waals surface area contributed by atoms with Crippen molar-refractivity contribution >= 4 is 34.9 Å². The zero-order valence-electron chi connectivity index (χ0n) is 14.8. The Morgan fingerprint density at radius 3 is 1.76 bits per heavy atom. The van der Waals surface area contributed by atoms with E-state index in [2.05, 4.69) is 5.32 Å². The van der Waals surface area contributed by atoms with E-state index in [1.807, 2.05) is 0 Å². The van der Waals surface area contributed by atoms with Crippen LogP contribution in [0.25, 0.3) is 0 Å². The number of hydrogen-bond donors (Lipinski definition) is 3. The van der Waals surface area contributed by atoms with E-state index in [0.29, 0.717) is 5.69 Å². The van der Waals surface area contributed by atoms with Gasteiger partial charge in [0.05, 0.1) is 27.9 Å². The van der Waals surface area contributed by atoms with Gasteiger partial charge in [0.25, 0.3) is 0 Å². The Hall–Kier alpha value is -4.26. The van der Waals surface area contributed by atoms with Gasteiger partial charge in [-0.2, -0.15) is 0 Å². The van der Waals surface area contributed by atoms with Gasteiger partial charge < -0.3 is 15.5 Å². The number of benzene rings is 3. The van der Waals surface area contributed by atoms with Crippen molar-refractivity contribution in [2.24, 2.45) is 0 Å². The van der Waals surface area contributed by atoms with E-state index >= 15 is 0 Å². The second kappa shape index (κ2) is 6.72. The summed E-state index contributed by atoms with van der Waals surface area (Å²) in [7, 11) is 0. The fraction of sp³-hybridized carbons (Fsp3) is 0. The van der Waals surface area contributed by atoms with Crippen LogP contribution in [0.15, 0.2) is 60.7 Å². The number of para-hydroxylation sites is 1. The van der Waals surface area contributed by atoms with Crippen molar-refractivity contribution < 1.29 is 29.4 Å². The third-order valence-electron chi connectivity index (χ3n) is 4.70. The molecule has 1 aliphatic rings. The topological polar surface area (TPSA) is 121 Å². The fourth-order valence-electron chi connectivity index (χ4n) is 3.43. The molecule has 0 bridgehead atoms. The van der Waals surface area contributed by atoms with Crippen molar-refractivity contribution in [1.82, 2.24) is 0 Å². The van der Waals surface area contributed by atoms with Crippen LogP contribution in [0, 0.1) is 0 Å². The Kier molecular flexibility index (Phi) is 4.20. The van der Waals surface area contributed by atoms with E-state index in [1.54, 1.807) is 42.5 Å². The van der Waals surface area contributed by atoms with Crippen molar-refractivity contribution in [1.29, 1.82) is 0 Å². The first-order valence-electron chi connectivity index (χ1n) is 8.58. The number of carbonyl (C=O) groups excluding carboxylic acids is 2. The van der Waals surface area contributed by atoms with Gasteiger partial charge in [-0.05, 0) is 18.2 Å². The number of anilines is 2. The molecular formula is C22H13NO6. The van der Waals surface area contributed by atoms with Gasteiger partial charge in [0, 0.05) is 16.8 Å². The molecule has 1 aliphatic carbocycles. The molecule has 0 amide bonds. The predicted octanol–water partition coefficient (Wildman–Crippen LogP) is 3.60. The first kappa shape index (κ1) is 18.1. The molecule has 0 heterocycles. The van der Waals surface area contributed by atoms with Gasteiger partial charge in [0.2, 0.25) is 0 Å². The van der Waals surface area contributed by atoms with Gasteiger partial charge in [-0.15, -0.1) is 0 Å². The van der Waals surface area contributed by atoms with Crippen LogP contribution in [-0.2, 0) is 0 Å².